The Morgan fingerprint density at radius 1 is 1.38 bits per heavy atom. The lowest BCUT2D eigenvalue weighted by atomic mass is 10.0. The average molecular weight is 294 g/mol. The van der Waals surface area contributed by atoms with Crippen molar-refractivity contribution in [1.82, 2.24) is 10.2 Å². The van der Waals surface area contributed by atoms with Gasteiger partial charge in [-0.25, -0.2) is 9.59 Å². The van der Waals surface area contributed by atoms with Crippen LogP contribution >= 0.6 is 0 Å². The first-order chi connectivity index (χ1) is 9.95. The highest BCUT2D eigenvalue weighted by molar-refractivity contribution is 6.01. The fourth-order valence-electron chi connectivity index (χ4n) is 1.92. The molecule has 0 amide bonds. The molecule has 0 saturated carbocycles. The number of carboxylic acid groups (broad SMARTS) is 1. The molecule has 112 valence electrons. The quantitative estimate of drug-likeness (QED) is 0.580. The van der Waals surface area contributed by atoms with E-state index in [9.17, 15) is 19.8 Å². The van der Waals surface area contributed by atoms with Gasteiger partial charge in [0.05, 0.1) is 12.1 Å². The van der Waals surface area contributed by atoms with Crippen molar-refractivity contribution >= 4 is 22.8 Å². The molecule has 2 unspecified atom stereocenters. The van der Waals surface area contributed by atoms with Gasteiger partial charge < -0.3 is 20.1 Å². The topological polar surface area (TPSA) is 133 Å². The predicted octanol–water partition coefficient (Wildman–Crippen LogP) is 0.219. The van der Waals surface area contributed by atoms with Gasteiger partial charge in [0.1, 0.15) is 6.10 Å². The van der Waals surface area contributed by atoms with Gasteiger partial charge >= 0.3 is 11.9 Å². The van der Waals surface area contributed by atoms with Gasteiger partial charge in [0.15, 0.2) is 11.8 Å². The lowest BCUT2D eigenvalue weighted by Gasteiger charge is -2.16. The van der Waals surface area contributed by atoms with Gasteiger partial charge in [-0.3, -0.25) is 5.10 Å². The van der Waals surface area contributed by atoms with Crippen LogP contribution in [0.5, 0.6) is 0 Å². The van der Waals surface area contributed by atoms with Crippen molar-refractivity contribution in [3.05, 3.63) is 29.5 Å². The van der Waals surface area contributed by atoms with Crippen LogP contribution in [0.1, 0.15) is 29.1 Å². The predicted molar refractivity (Wildman–Crippen MR) is 70.7 cm³/mol. The normalized spacial score (nSPS) is 13.9. The fraction of sp³-hybridized carbons (Fsp3) is 0.308. The number of ether oxygens (including phenoxy) is 1. The monoisotopic (exact) mass is 294 g/mol. The van der Waals surface area contributed by atoms with E-state index in [2.05, 4.69) is 14.9 Å². The number of aromatic nitrogens is 2. The van der Waals surface area contributed by atoms with E-state index in [4.69, 9.17) is 5.11 Å². The highest BCUT2D eigenvalue weighted by Crippen LogP contribution is 2.24. The second kappa shape index (κ2) is 5.90. The molecule has 0 bridgehead atoms. The third-order valence-electron chi connectivity index (χ3n) is 2.96. The highest BCUT2D eigenvalue weighted by Gasteiger charge is 2.27. The van der Waals surface area contributed by atoms with Gasteiger partial charge in [0, 0.05) is 5.39 Å². The molecule has 1 heterocycles. The number of nitrogens with one attached hydrogen (secondary N) is 1. The molecule has 2 aromatic rings. The summed E-state index contributed by atoms with van der Waals surface area (Å²) in [5.74, 6) is -2.17. The first kappa shape index (κ1) is 14.9. The molecule has 0 radical (unpaired) electrons. The minimum Gasteiger partial charge on any atom is -0.476 e. The van der Waals surface area contributed by atoms with E-state index in [-0.39, 0.29) is 23.3 Å². The number of carboxylic acids is 1. The van der Waals surface area contributed by atoms with Gasteiger partial charge in [-0.15, -0.1) is 0 Å². The molecule has 21 heavy (non-hydrogen) atoms. The number of aliphatic hydroxyl groups excluding tert-OH is 2. The first-order valence-corrected chi connectivity index (χ1v) is 6.19. The zero-order valence-corrected chi connectivity index (χ0v) is 11.1. The minimum atomic E-state index is -1.75. The van der Waals surface area contributed by atoms with Crippen LogP contribution < -0.4 is 0 Å². The molecular weight excluding hydrogens is 280 g/mol. The van der Waals surface area contributed by atoms with E-state index < -0.39 is 24.1 Å². The molecule has 0 spiro atoms. The molecule has 1 aromatic carbocycles. The number of rotatable bonds is 5. The van der Waals surface area contributed by atoms with E-state index in [1.807, 2.05) is 0 Å². The summed E-state index contributed by atoms with van der Waals surface area (Å²) in [4.78, 5) is 22.4. The zero-order valence-electron chi connectivity index (χ0n) is 11.1. The standard InChI is InChI=1S/C13H14N2O6/c1-2-21-13(20)11(17)10(16)6-3-4-8-7(5-6)9(12(18)19)15-14-8/h3-5,10-11,16-17H,2H2,1H3,(H,14,15)(H,18,19). The summed E-state index contributed by atoms with van der Waals surface area (Å²) in [5.41, 5.74) is 0.450. The highest BCUT2D eigenvalue weighted by atomic mass is 16.5. The van der Waals surface area contributed by atoms with Crippen molar-refractivity contribution in [2.24, 2.45) is 0 Å². The molecule has 0 aliphatic carbocycles. The molecule has 2 atom stereocenters. The van der Waals surface area contributed by atoms with Crippen LogP contribution in [0.15, 0.2) is 18.2 Å². The average Bonchev–Trinajstić information content (AvgIpc) is 2.88. The maximum atomic E-state index is 11.4. The lowest BCUT2D eigenvalue weighted by Crippen LogP contribution is -2.29. The van der Waals surface area contributed by atoms with Crippen molar-refractivity contribution in [3.63, 3.8) is 0 Å². The van der Waals surface area contributed by atoms with Crippen molar-refractivity contribution in [1.29, 1.82) is 0 Å². The number of esters is 1. The Bertz CT molecular complexity index is 680. The maximum Gasteiger partial charge on any atom is 0.357 e. The van der Waals surface area contributed by atoms with Crippen LogP contribution in [0.2, 0.25) is 0 Å². The second-order valence-electron chi connectivity index (χ2n) is 4.32. The van der Waals surface area contributed by atoms with Crippen molar-refractivity contribution in [2.45, 2.75) is 19.1 Å². The van der Waals surface area contributed by atoms with Crippen LogP contribution in [0, 0.1) is 0 Å². The van der Waals surface area contributed by atoms with Gasteiger partial charge in [-0.05, 0) is 24.6 Å². The minimum absolute atomic E-state index is 0.0759. The number of carbonyl (C=O) groups excluding carboxylic acids is 1. The number of nitrogens with zero attached hydrogens (tertiary/aromatic N) is 1. The third kappa shape index (κ3) is 2.86. The van der Waals surface area contributed by atoms with E-state index in [0.29, 0.717) is 5.52 Å². The van der Waals surface area contributed by atoms with E-state index in [0.717, 1.165) is 0 Å². The Morgan fingerprint density at radius 2 is 2.10 bits per heavy atom. The Kier molecular flexibility index (Phi) is 4.20. The number of fused-ring (bicyclic) bond motifs is 1. The smallest absolute Gasteiger partial charge is 0.357 e. The molecule has 8 nitrogen and oxygen atoms in total. The summed E-state index contributed by atoms with van der Waals surface area (Å²) in [6.45, 7) is 1.65. The number of hydrogen-bond acceptors (Lipinski definition) is 6. The summed E-state index contributed by atoms with van der Waals surface area (Å²) in [7, 11) is 0. The Labute approximate surface area is 119 Å². The molecular formula is C13H14N2O6. The van der Waals surface area contributed by atoms with E-state index in [1.165, 1.54) is 18.2 Å². The van der Waals surface area contributed by atoms with E-state index >= 15 is 0 Å². The fourth-order valence-corrected chi connectivity index (χ4v) is 1.92. The van der Waals surface area contributed by atoms with E-state index in [1.54, 1.807) is 6.92 Å². The first-order valence-electron chi connectivity index (χ1n) is 6.19. The molecule has 0 fully saturated rings. The third-order valence-corrected chi connectivity index (χ3v) is 2.96. The maximum absolute atomic E-state index is 11.4. The van der Waals surface area contributed by atoms with Gasteiger partial charge in [0.25, 0.3) is 0 Å². The van der Waals surface area contributed by atoms with Crippen LogP contribution in [0.3, 0.4) is 0 Å². The summed E-state index contributed by atoms with van der Waals surface area (Å²) >= 11 is 0. The summed E-state index contributed by atoms with van der Waals surface area (Å²) in [5, 5.41) is 35.2. The van der Waals surface area contributed by atoms with Gasteiger partial charge in [-0.2, -0.15) is 5.10 Å². The van der Waals surface area contributed by atoms with Crippen molar-refractivity contribution in [3.8, 4) is 0 Å². The van der Waals surface area contributed by atoms with Crippen molar-refractivity contribution in [2.75, 3.05) is 6.61 Å². The summed E-state index contributed by atoms with van der Waals surface area (Å²) < 4.78 is 4.62. The number of aromatic amines is 1. The second-order valence-corrected chi connectivity index (χ2v) is 4.32. The number of benzene rings is 1. The SMILES string of the molecule is CCOC(=O)C(O)C(O)c1ccc2[nH]nc(C(=O)O)c2c1. The largest absolute Gasteiger partial charge is 0.476 e. The molecule has 8 heteroatoms. The summed E-state index contributed by atoms with van der Waals surface area (Å²) in [6.07, 6.45) is -3.27. The molecule has 0 aliphatic heterocycles. The van der Waals surface area contributed by atoms with Gasteiger partial charge in [-0.1, -0.05) is 6.07 Å². The molecule has 1 aromatic heterocycles. The molecule has 2 rings (SSSR count). The van der Waals surface area contributed by atoms with Crippen molar-refractivity contribution < 1.29 is 29.6 Å². The lowest BCUT2D eigenvalue weighted by molar-refractivity contribution is -0.159. The van der Waals surface area contributed by atoms with Crippen LogP contribution in [-0.4, -0.2) is 50.2 Å². The van der Waals surface area contributed by atoms with Crippen LogP contribution in [-0.2, 0) is 9.53 Å². The zero-order chi connectivity index (χ0) is 15.6. The Balaban J connectivity index is 2.35. The molecule has 0 saturated heterocycles. The van der Waals surface area contributed by atoms with Crippen LogP contribution in [0.25, 0.3) is 10.9 Å². The number of H-pyrrole nitrogens is 1. The molecule has 0 aliphatic rings. The number of hydrogen-bond donors (Lipinski definition) is 4. The van der Waals surface area contributed by atoms with Crippen LogP contribution in [0.4, 0.5) is 0 Å². The number of carbonyl (C=O) groups is 2. The Morgan fingerprint density at radius 3 is 2.71 bits per heavy atom. The van der Waals surface area contributed by atoms with Gasteiger partial charge in [0.2, 0.25) is 0 Å². The Hall–Kier alpha value is -2.45. The molecule has 4 N–H and O–H groups in total. The number of aliphatic hydroxyl groups is 2. The number of aromatic carboxylic acids is 1. The summed E-state index contributed by atoms with van der Waals surface area (Å²) in [6, 6.07) is 4.32.